The average Bonchev–Trinajstić information content (AvgIpc) is 3.02. The highest BCUT2D eigenvalue weighted by Gasteiger charge is 2.21. The Balaban J connectivity index is 1.39. The Labute approximate surface area is 207 Å². The fourth-order valence-corrected chi connectivity index (χ4v) is 5.50. The van der Waals surface area contributed by atoms with E-state index in [2.05, 4.69) is 40.4 Å². The summed E-state index contributed by atoms with van der Waals surface area (Å²) in [6.07, 6.45) is 0.869. The van der Waals surface area contributed by atoms with Crippen LogP contribution in [0.5, 0.6) is 0 Å². The molecular weight excluding hydrogens is 463 g/mol. The lowest BCUT2D eigenvalue weighted by Gasteiger charge is -2.22. The number of hydrogen-bond acceptors (Lipinski definition) is 5. The molecule has 35 heavy (non-hydrogen) atoms. The second-order valence-corrected chi connectivity index (χ2v) is 11.0. The number of likely N-dealkylation sites (N-methyl/N-ethyl adjacent to an activating group) is 1. The molecule has 1 heterocycles. The molecule has 1 aliphatic heterocycles. The smallest absolute Gasteiger partial charge is 0.261 e. The first kappa shape index (κ1) is 25.3. The number of halogens is 1. The summed E-state index contributed by atoms with van der Waals surface area (Å²) in [6, 6.07) is 19.1. The van der Waals surface area contributed by atoms with Crippen molar-refractivity contribution in [1.29, 1.82) is 0 Å². The van der Waals surface area contributed by atoms with Crippen LogP contribution in [-0.4, -0.2) is 47.0 Å². The summed E-state index contributed by atoms with van der Waals surface area (Å²) < 4.78 is 41.8. The zero-order valence-electron chi connectivity index (χ0n) is 20.2. The fraction of sp³-hybridized carbons (Fsp3) is 0.333. The number of rotatable bonds is 9. The van der Waals surface area contributed by atoms with Crippen LogP contribution in [0.15, 0.2) is 71.6 Å². The number of hydrogen-bond donors (Lipinski definition) is 3. The molecule has 0 saturated carbocycles. The maximum absolute atomic E-state index is 13.0. The molecule has 0 fully saturated rings. The van der Waals surface area contributed by atoms with E-state index in [4.69, 9.17) is 0 Å². The zero-order valence-corrected chi connectivity index (χ0v) is 21.0. The van der Waals surface area contributed by atoms with Gasteiger partial charge in [0, 0.05) is 37.8 Å². The van der Waals surface area contributed by atoms with Crippen LogP contribution >= 0.6 is 0 Å². The molecule has 8 heteroatoms. The van der Waals surface area contributed by atoms with E-state index in [-0.39, 0.29) is 10.7 Å². The van der Waals surface area contributed by atoms with Gasteiger partial charge in [-0.25, -0.2) is 12.8 Å². The summed E-state index contributed by atoms with van der Waals surface area (Å²) in [4.78, 5) is 2.40. The van der Waals surface area contributed by atoms with Crippen LogP contribution < -0.4 is 15.4 Å². The molecule has 0 radical (unpaired) electrons. The maximum atomic E-state index is 13.0. The second kappa shape index (κ2) is 11.3. The minimum atomic E-state index is -3.70. The van der Waals surface area contributed by atoms with Gasteiger partial charge in [0.25, 0.3) is 10.0 Å². The van der Waals surface area contributed by atoms with Gasteiger partial charge in [0.05, 0.1) is 4.90 Å². The van der Waals surface area contributed by atoms with E-state index in [1.165, 1.54) is 23.3 Å². The molecule has 0 aliphatic carbocycles. The Kier molecular flexibility index (Phi) is 8.18. The van der Waals surface area contributed by atoms with Crippen molar-refractivity contribution in [3.05, 3.63) is 94.8 Å². The molecule has 0 aromatic heterocycles. The van der Waals surface area contributed by atoms with E-state index >= 15 is 0 Å². The van der Waals surface area contributed by atoms with Crippen LogP contribution in [0.4, 0.5) is 10.1 Å². The zero-order chi connectivity index (χ0) is 24.8. The quantitative estimate of drug-likeness (QED) is 0.421. The molecule has 0 bridgehead atoms. The van der Waals surface area contributed by atoms with Gasteiger partial charge < -0.3 is 15.5 Å². The van der Waals surface area contributed by atoms with Crippen molar-refractivity contribution in [2.75, 3.05) is 38.5 Å². The number of fused-ring (bicyclic) bond motifs is 1. The molecule has 1 aliphatic rings. The Morgan fingerprint density at radius 3 is 2.29 bits per heavy atom. The summed E-state index contributed by atoms with van der Waals surface area (Å²) in [6.45, 7) is 3.92. The maximum Gasteiger partial charge on any atom is 0.261 e. The van der Waals surface area contributed by atoms with Crippen molar-refractivity contribution >= 4 is 15.7 Å². The molecule has 0 saturated heterocycles. The molecule has 6 nitrogen and oxygen atoms in total. The monoisotopic (exact) mass is 496 g/mol. The molecule has 3 aromatic rings. The van der Waals surface area contributed by atoms with Crippen molar-refractivity contribution < 1.29 is 12.8 Å². The molecule has 0 spiro atoms. The third kappa shape index (κ3) is 6.89. The second-order valence-electron chi connectivity index (χ2n) is 9.31. The lowest BCUT2D eigenvalue weighted by Crippen LogP contribution is -2.28. The lowest BCUT2D eigenvalue weighted by atomic mass is 9.93. The van der Waals surface area contributed by atoms with Gasteiger partial charge >= 0.3 is 0 Å². The average molecular weight is 497 g/mol. The Hall–Kier alpha value is -2.78. The predicted octanol–water partition coefficient (Wildman–Crippen LogP) is 3.71. The molecule has 4 rings (SSSR count). The summed E-state index contributed by atoms with van der Waals surface area (Å²) in [5.41, 5.74) is 5.00. The van der Waals surface area contributed by atoms with E-state index in [1.54, 1.807) is 36.4 Å². The summed E-state index contributed by atoms with van der Waals surface area (Å²) in [5.74, 6) is 0.118. The van der Waals surface area contributed by atoms with Crippen LogP contribution in [0.2, 0.25) is 0 Å². The van der Waals surface area contributed by atoms with Crippen LogP contribution in [0.25, 0.3) is 0 Å². The number of anilines is 1. The van der Waals surface area contributed by atoms with Crippen molar-refractivity contribution in [2.24, 2.45) is 0 Å². The van der Waals surface area contributed by atoms with E-state index in [0.717, 1.165) is 37.2 Å². The minimum Gasteiger partial charge on any atom is -0.316 e. The first-order valence-corrected chi connectivity index (χ1v) is 13.3. The van der Waals surface area contributed by atoms with E-state index < -0.39 is 10.0 Å². The number of nitrogens with one attached hydrogen (secondary N) is 3. The lowest BCUT2D eigenvalue weighted by molar-refractivity contribution is 0.368. The van der Waals surface area contributed by atoms with Crippen molar-refractivity contribution in [2.45, 2.75) is 30.3 Å². The topological polar surface area (TPSA) is 73.5 Å². The molecule has 3 aromatic carbocycles. The van der Waals surface area contributed by atoms with Crippen molar-refractivity contribution in [3.8, 4) is 0 Å². The van der Waals surface area contributed by atoms with Gasteiger partial charge in [-0.05, 0) is 85.7 Å². The minimum absolute atomic E-state index is 0.224. The van der Waals surface area contributed by atoms with Gasteiger partial charge in [-0.3, -0.25) is 4.72 Å². The largest absolute Gasteiger partial charge is 0.316 e. The summed E-state index contributed by atoms with van der Waals surface area (Å²) in [7, 11) is 0.443. The summed E-state index contributed by atoms with van der Waals surface area (Å²) in [5, 5.41) is 6.78. The van der Waals surface area contributed by atoms with E-state index in [9.17, 15) is 12.8 Å². The highest BCUT2D eigenvalue weighted by atomic mass is 32.2. The summed E-state index contributed by atoms with van der Waals surface area (Å²) >= 11 is 0. The molecule has 0 amide bonds. The third-order valence-electron chi connectivity index (χ3n) is 6.19. The fourth-order valence-electron chi connectivity index (χ4n) is 4.45. The van der Waals surface area contributed by atoms with Crippen LogP contribution in [-0.2, 0) is 29.5 Å². The van der Waals surface area contributed by atoms with Crippen molar-refractivity contribution in [1.82, 2.24) is 15.5 Å². The van der Waals surface area contributed by atoms with Crippen LogP contribution in [0.3, 0.4) is 0 Å². The number of sulfonamides is 1. The SMILES string of the molecule is CN(C)CC1CNCCc2cc(NS(=O)(=O)c3ccc(CNCc4ccc(F)cc4)cc3)ccc21. The van der Waals surface area contributed by atoms with Crippen molar-refractivity contribution in [3.63, 3.8) is 0 Å². The van der Waals surface area contributed by atoms with Gasteiger partial charge in [0.1, 0.15) is 5.82 Å². The Bertz CT molecular complexity index is 1230. The van der Waals surface area contributed by atoms with Gasteiger partial charge in [0.15, 0.2) is 0 Å². The molecule has 186 valence electrons. The number of benzene rings is 3. The highest BCUT2D eigenvalue weighted by molar-refractivity contribution is 7.92. The Morgan fingerprint density at radius 2 is 1.63 bits per heavy atom. The van der Waals surface area contributed by atoms with Gasteiger partial charge in [0.2, 0.25) is 0 Å². The van der Waals surface area contributed by atoms with Gasteiger partial charge in [-0.15, -0.1) is 0 Å². The van der Waals surface area contributed by atoms with Gasteiger partial charge in [-0.1, -0.05) is 30.3 Å². The van der Waals surface area contributed by atoms with E-state index in [1.807, 2.05) is 12.1 Å². The predicted molar refractivity (Wildman–Crippen MR) is 139 cm³/mol. The normalized spacial score (nSPS) is 16.1. The molecule has 1 unspecified atom stereocenters. The van der Waals surface area contributed by atoms with E-state index in [0.29, 0.717) is 24.7 Å². The first-order chi connectivity index (χ1) is 16.8. The first-order valence-electron chi connectivity index (χ1n) is 11.9. The molecule has 1 atom stereocenters. The standard InChI is InChI=1S/C27H33FN4O2S/c1-32(2)19-23-18-29-14-13-22-15-25(9-12-27(22)23)31-35(33,34)26-10-5-21(6-11-26)17-30-16-20-3-7-24(28)8-4-20/h3-12,15,23,29-31H,13-14,16-19H2,1-2H3. The molecule has 3 N–H and O–H groups in total. The van der Waals surface area contributed by atoms with Crippen LogP contribution in [0.1, 0.15) is 28.2 Å². The Morgan fingerprint density at radius 1 is 0.971 bits per heavy atom. The third-order valence-corrected chi connectivity index (χ3v) is 7.58. The van der Waals surface area contributed by atoms with Gasteiger partial charge in [-0.2, -0.15) is 0 Å². The van der Waals surface area contributed by atoms with Crippen LogP contribution in [0, 0.1) is 5.82 Å². The number of nitrogens with zero attached hydrogens (tertiary/aromatic N) is 1. The highest BCUT2D eigenvalue weighted by Crippen LogP contribution is 2.27. The molecular formula is C27H33FN4O2S.